The van der Waals surface area contributed by atoms with Crippen molar-refractivity contribution in [2.24, 2.45) is 0 Å². The monoisotopic (exact) mass is 367 g/mol. The van der Waals surface area contributed by atoms with E-state index in [0.717, 1.165) is 19.0 Å². The molecular formula is C19H21N5OS. The van der Waals surface area contributed by atoms with Crippen LogP contribution in [-0.2, 0) is 4.79 Å². The first-order chi connectivity index (χ1) is 12.8. The van der Waals surface area contributed by atoms with Gasteiger partial charge in [0.2, 0.25) is 11.9 Å². The van der Waals surface area contributed by atoms with Crippen LogP contribution < -0.4 is 4.90 Å². The second-order valence-electron chi connectivity index (χ2n) is 6.28. The molecule has 3 aromatic heterocycles. The normalized spacial score (nSPS) is 15.8. The molecule has 0 aromatic carbocycles. The van der Waals surface area contributed by atoms with E-state index in [9.17, 15) is 4.79 Å². The largest absolute Gasteiger partial charge is 0.346 e. The summed E-state index contributed by atoms with van der Waals surface area (Å²) in [5.74, 6) is 0.939. The standard InChI is InChI=1S/C19H21N5OS/c25-18(15-16(17-5-3-14-26-17)22-8-1-2-9-22)23-10-12-24(13-11-23)19-20-6-4-7-21-19/h1-9,14,16H,10-13,15H2. The molecule has 1 fully saturated rings. The maximum atomic E-state index is 12.9. The zero-order valence-electron chi connectivity index (χ0n) is 14.4. The summed E-state index contributed by atoms with van der Waals surface area (Å²) in [6.45, 7) is 2.95. The number of hydrogen-bond donors (Lipinski definition) is 0. The zero-order valence-corrected chi connectivity index (χ0v) is 15.3. The Morgan fingerprint density at radius 1 is 1.04 bits per heavy atom. The average molecular weight is 367 g/mol. The van der Waals surface area contributed by atoms with Crippen molar-refractivity contribution in [1.29, 1.82) is 0 Å². The minimum Gasteiger partial charge on any atom is -0.346 e. The van der Waals surface area contributed by atoms with Gasteiger partial charge in [-0.15, -0.1) is 11.3 Å². The molecule has 3 aromatic rings. The van der Waals surface area contributed by atoms with Crippen LogP contribution in [0.1, 0.15) is 17.3 Å². The van der Waals surface area contributed by atoms with Gasteiger partial charge in [0.1, 0.15) is 0 Å². The van der Waals surface area contributed by atoms with Crippen molar-refractivity contribution >= 4 is 23.2 Å². The molecule has 7 heteroatoms. The van der Waals surface area contributed by atoms with E-state index in [4.69, 9.17) is 0 Å². The molecule has 1 aliphatic heterocycles. The quantitative estimate of drug-likeness (QED) is 0.696. The number of carbonyl (C=O) groups is 1. The Kier molecular flexibility index (Phi) is 4.97. The van der Waals surface area contributed by atoms with Gasteiger partial charge in [0.05, 0.1) is 12.5 Å². The van der Waals surface area contributed by atoms with Crippen molar-refractivity contribution in [3.8, 4) is 0 Å². The highest BCUT2D eigenvalue weighted by Gasteiger charge is 2.26. The molecule has 0 N–H and O–H groups in total. The van der Waals surface area contributed by atoms with Crippen LogP contribution >= 0.6 is 11.3 Å². The fourth-order valence-corrected chi connectivity index (χ4v) is 4.13. The van der Waals surface area contributed by atoms with Crippen LogP contribution in [0.5, 0.6) is 0 Å². The van der Waals surface area contributed by atoms with E-state index in [0.29, 0.717) is 19.5 Å². The highest BCUT2D eigenvalue weighted by molar-refractivity contribution is 7.10. The molecule has 26 heavy (non-hydrogen) atoms. The van der Waals surface area contributed by atoms with E-state index in [1.807, 2.05) is 41.6 Å². The topological polar surface area (TPSA) is 54.3 Å². The Balaban J connectivity index is 1.40. The van der Waals surface area contributed by atoms with Crippen LogP contribution in [0.4, 0.5) is 5.95 Å². The van der Waals surface area contributed by atoms with Gasteiger partial charge in [0.15, 0.2) is 0 Å². The first-order valence-electron chi connectivity index (χ1n) is 8.77. The van der Waals surface area contributed by atoms with Crippen LogP contribution in [0, 0.1) is 0 Å². The molecular weight excluding hydrogens is 346 g/mol. The first-order valence-corrected chi connectivity index (χ1v) is 9.65. The van der Waals surface area contributed by atoms with Gasteiger partial charge in [0, 0.05) is 55.8 Å². The summed E-state index contributed by atoms with van der Waals surface area (Å²) >= 11 is 1.70. The Morgan fingerprint density at radius 2 is 1.77 bits per heavy atom. The van der Waals surface area contributed by atoms with Crippen LogP contribution in [0.15, 0.2) is 60.5 Å². The van der Waals surface area contributed by atoms with Crippen LogP contribution in [0.3, 0.4) is 0 Å². The first kappa shape index (κ1) is 16.8. The number of hydrogen-bond acceptors (Lipinski definition) is 5. The van der Waals surface area contributed by atoms with Crippen molar-refractivity contribution < 1.29 is 4.79 Å². The summed E-state index contributed by atoms with van der Waals surface area (Å²) in [6, 6.07) is 10.0. The van der Waals surface area contributed by atoms with Crippen molar-refractivity contribution in [3.63, 3.8) is 0 Å². The van der Waals surface area contributed by atoms with E-state index in [1.54, 1.807) is 23.7 Å². The van der Waals surface area contributed by atoms with Gasteiger partial charge < -0.3 is 14.4 Å². The molecule has 0 saturated carbocycles. The van der Waals surface area contributed by atoms with Gasteiger partial charge in [-0.3, -0.25) is 4.79 Å². The predicted molar refractivity (Wildman–Crippen MR) is 102 cm³/mol. The SMILES string of the molecule is O=C(CC(c1cccs1)n1cccc1)N1CCN(c2ncccn2)CC1. The van der Waals surface area contributed by atoms with Gasteiger partial charge in [-0.2, -0.15) is 0 Å². The van der Waals surface area contributed by atoms with Crippen LogP contribution in [0.2, 0.25) is 0 Å². The highest BCUT2D eigenvalue weighted by atomic mass is 32.1. The zero-order chi connectivity index (χ0) is 17.8. The minimum absolute atomic E-state index is 0.0630. The Morgan fingerprint density at radius 3 is 2.42 bits per heavy atom. The molecule has 1 unspecified atom stereocenters. The number of thiophene rings is 1. The lowest BCUT2D eigenvalue weighted by Crippen LogP contribution is -2.49. The lowest BCUT2D eigenvalue weighted by atomic mass is 10.1. The van der Waals surface area contributed by atoms with Crippen molar-refractivity contribution in [1.82, 2.24) is 19.4 Å². The molecule has 134 valence electrons. The van der Waals surface area contributed by atoms with Gasteiger partial charge in [-0.1, -0.05) is 6.07 Å². The fourth-order valence-electron chi connectivity index (χ4n) is 3.29. The third kappa shape index (κ3) is 3.62. The lowest BCUT2D eigenvalue weighted by molar-refractivity contribution is -0.132. The summed E-state index contributed by atoms with van der Waals surface area (Å²) in [6.07, 6.45) is 8.05. The third-order valence-electron chi connectivity index (χ3n) is 4.69. The Hall–Kier alpha value is -2.67. The van der Waals surface area contributed by atoms with E-state index in [1.165, 1.54) is 4.88 Å². The van der Waals surface area contributed by atoms with E-state index < -0.39 is 0 Å². The highest BCUT2D eigenvalue weighted by Crippen LogP contribution is 2.27. The number of carbonyl (C=O) groups excluding carboxylic acids is 1. The number of piperazine rings is 1. The van der Waals surface area contributed by atoms with Crippen molar-refractivity contribution in [3.05, 3.63) is 65.4 Å². The van der Waals surface area contributed by atoms with Crippen molar-refractivity contribution in [2.45, 2.75) is 12.5 Å². The Bertz CT molecular complexity index is 777. The molecule has 4 heterocycles. The second kappa shape index (κ2) is 7.70. The summed E-state index contributed by atoms with van der Waals surface area (Å²) < 4.78 is 2.12. The Labute approximate surface area is 156 Å². The van der Waals surface area contributed by atoms with Gasteiger partial charge in [-0.25, -0.2) is 9.97 Å². The molecule has 0 radical (unpaired) electrons. The molecule has 1 atom stereocenters. The summed E-state index contributed by atoms with van der Waals surface area (Å²) in [5.41, 5.74) is 0. The molecule has 0 spiro atoms. The number of rotatable bonds is 5. The lowest BCUT2D eigenvalue weighted by Gasteiger charge is -2.35. The number of nitrogens with zero attached hydrogens (tertiary/aromatic N) is 5. The third-order valence-corrected chi connectivity index (χ3v) is 5.67. The maximum absolute atomic E-state index is 12.9. The maximum Gasteiger partial charge on any atom is 0.225 e. The molecule has 6 nitrogen and oxygen atoms in total. The molecule has 4 rings (SSSR count). The number of amides is 1. The number of aromatic nitrogens is 3. The summed E-state index contributed by atoms with van der Waals surface area (Å²) in [4.78, 5) is 26.8. The summed E-state index contributed by atoms with van der Waals surface area (Å²) in [5, 5.41) is 2.06. The van der Waals surface area contributed by atoms with E-state index in [2.05, 4.69) is 30.9 Å². The second-order valence-corrected chi connectivity index (χ2v) is 7.26. The smallest absolute Gasteiger partial charge is 0.225 e. The molecule has 0 aliphatic carbocycles. The average Bonchev–Trinajstić information content (AvgIpc) is 3.41. The molecule has 0 bridgehead atoms. The molecule has 1 aliphatic rings. The predicted octanol–water partition coefficient (Wildman–Crippen LogP) is 2.67. The van der Waals surface area contributed by atoms with Gasteiger partial charge in [0.25, 0.3) is 0 Å². The fraction of sp³-hybridized carbons (Fsp3) is 0.316. The van der Waals surface area contributed by atoms with Gasteiger partial charge >= 0.3 is 0 Å². The van der Waals surface area contributed by atoms with E-state index in [-0.39, 0.29) is 11.9 Å². The van der Waals surface area contributed by atoms with Crippen LogP contribution in [0.25, 0.3) is 0 Å². The van der Waals surface area contributed by atoms with Crippen molar-refractivity contribution in [2.75, 3.05) is 31.1 Å². The number of anilines is 1. The summed E-state index contributed by atoms with van der Waals surface area (Å²) in [7, 11) is 0. The minimum atomic E-state index is 0.0630. The molecule has 1 amide bonds. The van der Waals surface area contributed by atoms with E-state index >= 15 is 0 Å². The van der Waals surface area contributed by atoms with Crippen LogP contribution in [-0.4, -0.2) is 51.5 Å². The molecule has 1 saturated heterocycles. The van der Waals surface area contributed by atoms with Gasteiger partial charge in [-0.05, 0) is 29.6 Å².